The van der Waals surface area contributed by atoms with Gasteiger partial charge in [0, 0.05) is 25.2 Å². The van der Waals surface area contributed by atoms with Gasteiger partial charge in [0.25, 0.3) is 5.91 Å². The number of hydrogen-bond acceptors (Lipinski definition) is 3. The van der Waals surface area contributed by atoms with Crippen LogP contribution in [0.15, 0.2) is 6.20 Å². The molecule has 2 aliphatic rings. The third kappa shape index (κ3) is 2.24. The van der Waals surface area contributed by atoms with Crippen molar-refractivity contribution in [2.45, 2.75) is 44.9 Å². The standard InChI is InChI=1S/C14H19N3O/c1-10-12(9-15-13(16-10)11-5-6-11)14(18)17-7-3-2-4-8-17/h9,11H,2-8H2,1H3. The van der Waals surface area contributed by atoms with E-state index in [9.17, 15) is 4.79 Å². The minimum atomic E-state index is 0.106. The van der Waals surface area contributed by atoms with Gasteiger partial charge < -0.3 is 4.90 Å². The summed E-state index contributed by atoms with van der Waals surface area (Å²) in [5.41, 5.74) is 1.52. The van der Waals surface area contributed by atoms with E-state index in [1.54, 1.807) is 6.20 Å². The Balaban J connectivity index is 1.80. The SMILES string of the molecule is Cc1nc(C2CC2)ncc1C(=O)N1CCCCC1. The molecule has 96 valence electrons. The summed E-state index contributed by atoms with van der Waals surface area (Å²) in [6.07, 6.45) is 7.59. The number of aryl methyl sites for hydroxylation is 1. The maximum atomic E-state index is 12.4. The minimum absolute atomic E-state index is 0.106. The van der Waals surface area contributed by atoms with Crippen LogP contribution in [0.3, 0.4) is 0 Å². The van der Waals surface area contributed by atoms with Gasteiger partial charge >= 0.3 is 0 Å². The molecule has 0 unspecified atom stereocenters. The predicted octanol–water partition coefficient (Wildman–Crippen LogP) is 2.29. The van der Waals surface area contributed by atoms with Gasteiger partial charge in [-0.25, -0.2) is 9.97 Å². The van der Waals surface area contributed by atoms with Crippen LogP contribution in [0, 0.1) is 6.92 Å². The van der Waals surface area contributed by atoms with Crippen molar-refractivity contribution in [3.05, 3.63) is 23.3 Å². The van der Waals surface area contributed by atoms with E-state index >= 15 is 0 Å². The highest BCUT2D eigenvalue weighted by Gasteiger charge is 2.28. The Morgan fingerprint density at radius 1 is 1.28 bits per heavy atom. The normalized spacial score (nSPS) is 19.9. The second-order valence-electron chi connectivity index (χ2n) is 5.35. The molecule has 1 amide bonds. The van der Waals surface area contributed by atoms with Gasteiger partial charge in [-0.2, -0.15) is 0 Å². The lowest BCUT2D eigenvalue weighted by molar-refractivity contribution is 0.0722. The maximum Gasteiger partial charge on any atom is 0.257 e. The average molecular weight is 245 g/mol. The fourth-order valence-electron chi connectivity index (χ4n) is 2.50. The predicted molar refractivity (Wildman–Crippen MR) is 68.5 cm³/mol. The van der Waals surface area contributed by atoms with Gasteiger partial charge in [-0.1, -0.05) is 0 Å². The van der Waals surface area contributed by atoms with Crippen LogP contribution in [0.5, 0.6) is 0 Å². The molecule has 0 aromatic carbocycles. The van der Waals surface area contributed by atoms with Gasteiger partial charge in [0.2, 0.25) is 0 Å². The van der Waals surface area contributed by atoms with E-state index in [0.717, 1.165) is 37.4 Å². The third-order valence-electron chi connectivity index (χ3n) is 3.81. The number of carbonyl (C=O) groups excluding carboxylic acids is 1. The first-order valence-electron chi connectivity index (χ1n) is 6.88. The maximum absolute atomic E-state index is 12.4. The Bertz CT molecular complexity index is 462. The summed E-state index contributed by atoms with van der Waals surface area (Å²) in [5, 5.41) is 0. The van der Waals surface area contributed by atoms with Crippen LogP contribution in [0.25, 0.3) is 0 Å². The van der Waals surface area contributed by atoms with E-state index in [2.05, 4.69) is 9.97 Å². The summed E-state index contributed by atoms with van der Waals surface area (Å²) in [7, 11) is 0. The Morgan fingerprint density at radius 3 is 2.61 bits per heavy atom. The Labute approximate surface area is 107 Å². The van der Waals surface area contributed by atoms with Gasteiger partial charge in [-0.3, -0.25) is 4.79 Å². The highest BCUT2D eigenvalue weighted by Crippen LogP contribution is 2.38. The summed E-state index contributed by atoms with van der Waals surface area (Å²) in [6.45, 7) is 3.68. The van der Waals surface area contributed by atoms with E-state index in [1.165, 1.54) is 19.3 Å². The van der Waals surface area contributed by atoms with Crippen molar-refractivity contribution in [3.8, 4) is 0 Å². The van der Waals surface area contributed by atoms with E-state index in [4.69, 9.17) is 0 Å². The molecular weight excluding hydrogens is 226 g/mol. The first-order chi connectivity index (χ1) is 8.75. The molecule has 3 rings (SSSR count). The monoisotopic (exact) mass is 245 g/mol. The molecule has 4 heteroatoms. The van der Waals surface area contributed by atoms with E-state index in [-0.39, 0.29) is 5.91 Å². The van der Waals surface area contributed by atoms with Gasteiger partial charge in [-0.05, 0) is 39.0 Å². The summed E-state index contributed by atoms with van der Waals surface area (Å²) >= 11 is 0. The van der Waals surface area contributed by atoms with Crippen LogP contribution in [0.4, 0.5) is 0 Å². The number of aromatic nitrogens is 2. The van der Waals surface area contributed by atoms with E-state index in [0.29, 0.717) is 11.5 Å². The largest absolute Gasteiger partial charge is 0.339 e. The topological polar surface area (TPSA) is 46.1 Å². The highest BCUT2D eigenvalue weighted by atomic mass is 16.2. The van der Waals surface area contributed by atoms with Crippen molar-refractivity contribution < 1.29 is 4.79 Å². The highest BCUT2D eigenvalue weighted by molar-refractivity contribution is 5.95. The zero-order valence-electron chi connectivity index (χ0n) is 10.9. The van der Waals surface area contributed by atoms with Crippen molar-refractivity contribution in [2.24, 2.45) is 0 Å². The Kier molecular flexibility index (Phi) is 3.02. The fraction of sp³-hybridized carbons (Fsp3) is 0.643. The molecule has 0 radical (unpaired) electrons. The lowest BCUT2D eigenvalue weighted by atomic mass is 10.1. The lowest BCUT2D eigenvalue weighted by Gasteiger charge is -2.27. The molecule has 1 saturated carbocycles. The van der Waals surface area contributed by atoms with Crippen molar-refractivity contribution in [1.29, 1.82) is 0 Å². The first kappa shape index (κ1) is 11.6. The number of piperidine rings is 1. The molecule has 0 bridgehead atoms. The number of amides is 1. The van der Waals surface area contributed by atoms with E-state index < -0.39 is 0 Å². The second-order valence-corrected chi connectivity index (χ2v) is 5.35. The zero-order chi connectivity index (χ0) is 12.5. The molecule has 0 N–H and O–H groups in total. The van der Waals surface area contributed by atoms with Gasteiger partial charge in [0.05, 0.1) is 11.3 Å². The Morgan fingerprint density at radius 2 is 2.00 bits per heavy atom. The molecule has 1 aliphatic heterocycles. The number of rotatable bonds is 2. The van der Waals surface area contributed by atoms with E-state index in [1.807, 2.05) is 11.8 Å². The summed E-state index contributed by atoms with van der Waals surface area (Å²) < 4.78 is 0. The molecule has 0 spiro atoms. The fourth-order valence-corrected chi connectivity index (χ4v) is 2.50. The molecule has 2 heterocycles. The van der Waals surface area contributed by atoms with Crippen LogP contribution < -0.4 is 0 Å². The molecule has 2 fully saturated rings. The lowest BCUT2D eigenvalue weighted by Crippen LogP contribution is -2.36. The first-order valence-corrected chi connectivity index (χ1v) is 6.88. The molecule has 1 aromatic rings. The summed E-state index contributed by atoms with van der Waals surface area (Å²) in [6, 6.07) is 0. The molecule has 18 heavy (non-hydrogen) atoms. The van der Waals surface area contributed by atoms with Crippen molar-refractivity contribution in [3.63, 3.8) is 0 Å². The number of carbonyl (C=O) groups is 1. The molecule has 1 saturated heterocycles. The third-order valence-corrected chi connectivity index (χ3v) is 3.81. The molecule has 0 atom stereocenters. The van der Waals surface area contributed by atoms with Crippen LogP contribution >= 0.6 is 0 Å². The Hall–Kier alpha value is -1.45. The van der Waals surface area contributed by atoms with Crippen molar-refractivity contribution in [2.75, 3.05) is 13.1 Å². The number of nitrogens with zero attached hydrogens (tertiary/aromatic N) is 3. The summed E-state index contributed by atoms with van der Waals surface area (Å²) in [5.74, 6) is 1.57. The van der Waals surface area contributed by atoms with Gasteiger partial charge in [0.15, 0.2) is 0 Å². The molecule has 1 aromatic heterocycles. The molecule has 4 nitrogen and oxygen atoms in total. The van der Waals surface area contributed by atoms with Crippen LogP contribution in [-0.4, -0.2) is 33.9 Å². The van der Waals surface area contributed by atoms with Crippen molar-refractivity contribution >= 4 is 5.91 Å². The molecular formula is C14H19N3O. The second kappa shape index (κ2) is 4.67. The number of likely N-dealkylation sites (tertiary alicyclic amines) is 1. The van der Waals surface area contributed by atoms with Crippen molar-refractivity contribution in [1.82, 2.24) is 14.9 Å². The van der Waals surface area contributed by atoms with Gasteiger partial charge in [-0.15, -0.1) is 0 Å². The minimum Gasteiger partial charge on any atom is -0.339 e. The number of hydrogen-bond donors (Lipinski definition) is 0. The van der Waals surface area contributed by atoms with Crippen LogP contribution in [0.1, 0.15) is 59.9 Å². The van der Waals surface area contributed by atoms with Crippen LogP contribution in [-0.2, 0) is 0 Å². The zero-order valence-corrected chi connectivity index (χ0v) is 10.9. The molecule has 1 aliphatic carbocycles. The van der Waals surface area contributed by atoms with Crippen LogP contribution in [0.2, 0.25) is 0 Å². The quantitative estimate of drug-likeness (QED) is 0.803. The smallest absolute Gasteiger partial charge is 0.257 e. The van der Waals surface area contributed by atoms with Gasteiger partial charge in [0.1, 0.15) is 5.82 Å². The summed E-state index contributed by atoms with van der Waals surface area (Å²) in [4.78, 5) is 23.2. The average Bonchev–Trinajstić information content (AvgIpc) is 3.23.